The maximum atomic E-state index is 14.2. The van der Waals surface area contributed by atoms with Gasteiger partial charge in [0.2, 0.25) is 0 Å². The van der Waals surface area contributed by atoms with E-state index in [1.807, 2.05) is 48.7 Å². The standard InChI is InChI=1S/C26H18FN3O5S2/c1-35-23-11-20(26(31)32)21(27)12-22(23)30-37(33,34)24-14-36-25(29-24)16-4-2-15(3-5-16)17-6-7-19-13-28-9-8-18(19)10-17/h2-14,30H,1H3,(H,31,32). The SMILES string of the molecule is COc1cc(C(=O)O)c(F)cc1NS(=O)(=O)c1csc(-c2ccc(-c3ccc4cnccc4c3)cc2)n1. The molecule has 0 fully saturated rings. The van der Waals surface area contributed by atoms with Crippen molar-refractivity contribution in [3.63, 3.8) is 0 Å². The number of anilines is 1. The van der Waals surface area contributed by atoms with Gasteiger partial charge < -0.3 is 9.84 Å². The van der Waals surface area contributed by atoms with Crippen LogP contribution in [0.4, 0.5) is 10.1 Å². The number of hydrogen-bond donors (Lipinski definition) is 2. The van der Waals surface area contributed by atoms with Crippen LogP contribution in [0.5, 0.6) is 5.75 Å². The summed E-state index contributed by atoms with van der Waals surface area (Å²) < 4.78 is 47.3. The molecule has 8 nitrogen and oxygen atoms in total. The van der Waals surface area contributed by atoms with Crippen molar-refractivity contribution in [2.75, 3.05) is 11.8 Å². The molecule has 0 amide bonds. The van der Waals surface area contributed by atoms with E-state index in [1.165, 1.54) is 12.5 Å². The molecule has 0 aliphatic carbocycles. The molecule has 0 saturated heterocycles. The van der Waals surface area contributed by atoms with E-state index in [1.54, 1.807) is 6.20 Å². The highest BCUT2D eigenvalue weighted by molar-refractivity contribution is 7.92. The van der Waals surface area contributed by atoms with Crippen LogP contribution in [0, 0.1) is 5.82 Å². The second-order valence-corrected chi connectivity index (χ2v) is 10.4. The van der Waals surface area contributed by atoms with Gasteiger partial charge in [-0.1, -0.05) is 36.4 Å². The molecular formula is C26H18FN3O5S2. The summed E-state index contributed by atoms with van der Waals surface area (Å²) in [6.45, 7) is 0. The Labute approximate surface area is 215 Å². The van der Waals surface area contributed by atoms with Crippen LogP contribution in [0.1, 0.15) is 10.4 Å². The van der Waals surface area contributed by atoms with E-state index in [0.717, 1.165) is 50.9 Å². The molecule has 0 unspecified atom stereocenters. The van der Waals surface area contributed by atoms with Crippen molar-refractivity contribution in [3.05, 3.63) is 89.8 Å². The number of thiazole rings is 1. The van der Waals surface area contributed by atoms with Crippen molar-refractivity contribution in [3.8, 4) is 27.4 Å². The number of carboxylic acids is 1. The quantitative estimate of drug-likeness (QED) is 0.276. The first-order valence-electron chi connectivity index (χ1n) is 10.8. The number of halogens is 1. The highest BCUT2D eigenvalue weighted by Crippen LogP contribution is 2.33. The number of benzene rings is 3. The van der Waals surface area contributed by atoms with Crippen molar-refractivity contribution >= 4 is 43.8 Å². The van der Waals surface area contributed by atoms with E-state index in [4.69, 9.17) is 9.84 Å². The average Bonchev–Trinajstić information content (AvgIpc) is 3.40. The van der Waals surface area contributed by atoms with Gasteiger partial charge in [-0.25, -0.2) is 14.2 Å². The molecule has 0 spiro atoms. The van der Waals surface area contributed by atoms with Crippen molar-refractivity contribution in [1.29, 1.82) is 0 Å². The first kappa shape index (κ1) is 24.3. The molecule has 0 aliphatic rings. The van der Waals surface area contributed by atoms with Crippen LogP contribution >= 0.6 is 11.3 Å². The molecular weight excluding hydrogens is 517 g/mol. The Morgan fingerprint density at radius 1 is 1.00 bits per heavy atom. The van der Waals surface area contributed by atoms with Gasteiger partial charge in [-0.3, -0.25) is 9.71 Å². The van der Waals surface area contributed by atoms with Crippen molar-refractivity contribution in [1.82, 2.24) is 9.97 Å². The molecule has 2 heterocycles. The number of pyridine rings is 1. The van der Waals surface area contributed by atoms with Crippen LogP contribution in [-0.4, -0.2) is 36.6 Å². The maximum absolute atomic E-state index is 14.2. The Hall–Kier alpha value is -4.35. The van der Waals surface area contributed by atoms with E-state index < -0.39 is 27.4 Å². The van der Waals surface area contributed by atoms with Gasteiger partial charge in [0.05, 0.1) is 18.4 Å². The number of sulfonamides is 1. The lowest BCUT2D eigenvalue weighted by atomic mass is 10.0. The topological polar surface area (TPSA) is 118 Å². The number of carboxylic acid groups (broad SMARTS) is 1. The summed E-state index contributed by atoms with van der Waals surface area (Å²) in [5.74, 6) is -2.75. The highest BCUT2D eigenvalue weighted by Gasteiger charge is 2.23. The van der Waals surface area contributed by atoms with E-state index in [0.29, 0.717) is 5.01 Å². The fourth-order valence-corrected chi connectivity index (χ4v) is 5.91. The van der Waals surface area contributed by atoms with Crippen LogP contribution in [-0.2, 0) is 10.0 Å². The van der Waals surface area contributed by atoms with Gasteiger partial charge in [0, 0.05) is 34.8 Å². The van der Waals surface area contributed by atoms with Gasteiger partial charge in [-0.2, -0.15) is 8.42 Å². The second-order valence-electron chi connectivity index (χ2n) is 7.95. The fraction of sp³-hybridized carbons (Fsp3) is 0.0385. The number of aromatic carboxylic acids is 1. The molecule has 3 aromatic carbocycles. The third-order valence-electron chi connectivity index (χ3n) is 5.63. The monoisotopic (exact) mass is 535 g/mol. The van der Waals surface area contributed by atoms with Crippen LogP contribution in [0.3, 0.4) is 0 Å². The van der Waals surface area contributed by atoms with E-state index >= 15 is 0 Å². The Morgan fingerprint density at radius 3 is 2.46 bits per heavy atom. The predicted octanol–water partition coefficient (Wildman–Crippen LogP) is 5.67. The summed E-state index contributed by atoms with van der Waals surface area (Å²) in [6.07, 6.45) is 3.55. The Balaban J connectivity index is 1.39. The summed E-state index contributed by atoms with van der Waals surface area (Å²) in [7, 11) is -2.99. The maximum Gasteiger partial charge on any atom is 0.338 e. The summed E-state index contributed by atoms with van der Waals surface area (Å²) in [4.78, 5) is 19.5. The van der Waals surface area contributed by atoms with Gasteiger partial charge in [0.15, 0.2) is 5.03 Å². The number of nitrogens with one attached hydrogen (secondary N) is 1. The number of ether oxygens (including phenoxy) is 1. The number of hydrogen-bond acceptors (Lipinski definition) is 7. The third kappa shape index (κ3) is 4.86. The summed E-state index contributed by atoms with van der Waals surface area (Å²) in [5, 5.41) is 12.8. The van der Waals surface area contributed by atoms with E-state index in [2.05, 4.69) is 20.8 Å². The minimum Gasteiger partial charge on any atom is -0.495 e. The van der Waals surface area contributed by atoms with Crippen molar-refractivity contribution < 1.29 is 27.4 Å². The lowest BCUT2D eigenvalue weighted by Gasteiger charge is -2.12. The Kier molecular flexibility index (Phi) is 6.32. The predicted molar refractivity (Wildman–Crippen MR) is 139 cm³/mol. The molecule has 0 bridgehead atoms. The largest absolute Gasteiger partial charge is 0.495 e. The molecule has 0 atom stereocenters. The molecule has 0 aliphatic heterocycles. The third-order valence-corrected chi connectivity index (χ3v) is 7.92. The Morgan fingerprint density at radius 2 is 1.73 bits per heavy atom. The number of rotatable bonds is 7. The normalized spacial score (nSPS) is 11.4. The smallest absolute Gasteiger partial charge is 0.338 e. The molecule has 11 heteroatoms. The summed E-state index contributed by atoms with van der Waals surface area (Å²) >= 11 is 1.14. The van der Waals surface area contributed by atoms with E-state index in [-0.39, 0.29) is 16.5 Å². The molecule has 0 radical (unpaired) electrons. The van der Waals surface area contributed by atoms with Crippen molar-refractivity contribution in [2.24, 2.45) is 0 Å². The molecule has 2 aromatic heterocycles. The molecule has 5 rings (SSSR count). The zero-order chi connectivity index (χ0) is 26.2. The fourth-order valence-electron chi connectivity index (χ4n) is 3.75. The van der Waals surface area contributed by atoms with Gasteiger partial charge in [0.1, 0.15) is 16.6 Å². The first-order valence-corrected chi connectivity index (χ1v) is 13.2. The van der Waals surface area contributed by atoms with Gasteiger partial charge in [-0.15, -0.1) is 11.3 Å². The average molecular weight is 536 g/mol. The lowest BCUT2D eigenvalue weighted by molar-refractivity contribution is 0.0691. The molecule has 37 heavy (non-hydrogen) atoms. The zero-order valence-corrected chi connectivity index (χ0v) is 20.8. The van der Waals surface area contributed by atoms with Crippen LogP contribution in [0.2, 0.25) is 0 Å². The molecule has 2 N–H and O–H groups in total. The Bertz CT molecular complexity index is 1750. The van der Waals surface area contributed by atoms with Gasteiger partial charge >= 0.3 is 5.97 Å². The summed E-state index contributed by atoms with van der Waals surface area (Å²) in [5.41, 5.74) is 1.88. The van der Waals surface area contributed by atoms with Crippen LogP contribution in [0.25, 0.3) is 32.5 Å². The summed E-state index contributed by atoms with van der Waals surface area (Å²) in [6, 6.07) is 17.3. The van der Waals surface area contributed by atoms with Crippen molar-refractivity contribution in [2.45, 2.75) is 5.03 Å². The van der Waals surface area contributed by atoms with Crippen LogP contribution < -0.4 is 9.46 Å². The molecule has 186 valence electrons. The molecule has 0 saturated carbocycles. The van der Waals surface area contributed by atoms with Gasteiger partial charge in [0.25, 0.3) is 10.0 Å². The number of fused-ring (bicyclic) bond motifs is 1. The number of methoxy groups -OCH3 is 1. The van der Waals surface area contributed by atoms with Crippen LogP contribution in [0.15, 0.2) is 83.5 Å². The highest BCUT2D eigenvalue weighted by atomic mass is 32.2. The first-order chi connectivity index (χ1) is 17.7. The number of carbonyl (C=O) groups is 1. The lowest BCUT2D eigenvalue weighted by Crippen LogP contribution is -2.15. The number of aromatic nitrogens is 2. The zero-order valence-electron chi connectivity index (χ0n) is 19.2. The minimum atomic E-state index is -4.20. The second kappa shape index (κ2) is 9.60. The minimum absolute atomic E-state index is 0.140. The van der Waals surface area contributed by atoms with Gasteiger partial charge in [-0.05, 0) is 34.7 Å². The number of nitrogens with zero attached hydrogens (tertiary/aromatic N) is 2. The van der Waals surface area contributed by atoms with E-state index in [9.17, 15) is 17.6 Å². The molecule has 5 aromatic rings.